The van der Waals surface area contributed by atoms with Gasteiger partial charge in [0.05, 0.1) is 27.4 Å². The average Bonchev–Trinajstić information content (AvgIpc) is 2.44. The predicted octanol–water partition coefficient (Wildman–Crippen LogP) is 2.06. The second-order valence-electron chi connectivity index (χ2n) is 4.67. The van der Waals surface area contributed by atoms with Crippen LogP contribution in [0, 0.1) is 5.92 Å². The van der Waals surface area contributed by atoms with E-state index in [0.717, 1.165) is 0 Å². The smallest absolute Gasteiger partial charge is 0.241 e. The fourth-order valence-corrected chi connectivity index (χ4v) is 1.68. The van der Waals surface area contributed by atoms with Crippen LogP contribution in [-0.4, -0.2) is 33.3 Å². The number of methoxy groups -OCH3 is 3. The topological polar surface area (TPSA) is 82.8 Å². The monoisotopic (exact) mass is 318 g/mol. The van der Waals surface area contributed by atoms with Crippen LogP contribution >= 0.6 is 12.4 Å². The minimum atomic E-state index is -0.575. The van der Waals surface area contributed by atoms with Crippen molar-refractivity contribution in [2.24, 2.45) is 11.7 Å². The number of hydrogen-bond donors (Lipinski definition) is 2. The lowest BCUT2D eigenvalue weighted by atomic mass is 10.0. The molecule has 6 nitrogen and oxygen atoms in total. The molecule has 1 rings (SSSR count). The molecule has 0 spiro atoms. The summed E-state index contributed by atoms with van der Waals surface area (Å²) in [5.74, 6) is 1.22. The highest BCUT2D eigenvalue weighted by Crippen LogP contribution is 2.39. The van der Waals surface area contributed by atoms with Crippen molar-refractivity contribution in [3.8, 4) is 17.2 Å². The van der Waals surface area contributed by atoms with Crippen molar-refractivity contribution >= 4 is 24.0 Å². The van der Waals surface area contributed by atoms with Gasteiger partial charge in [0.25, 0.3) is 0 Å². The van der Waals surface area contributed by atoms with Crippen LogP contribution in [0.2, 0.25) is 0 Å². The fourth-order valence-electron chi connectivity index (χ4n) is 1.68. The standard InChI is InChI=1S/C14H22N2O4.ClH/c1-8(2)12(15)14(17)16-9-6-10(18-3)13(20-5)11(7-9)19-4;/h6-8,12H,15H2,1-5H3,(H,16,17);1H. The zero-order chi connectivity index (χ0) is 15.3. The SMILES string of the molecule is COc1cc(NC(=O)C(N)C(C)C)cc(OC)c1OC.Cl. The number of amides is 1. The Kier molecular flexibility index (Phi) is 7.91. The maximum Gasteiger partial charge on any atom is 0.241 e. The highest BCUT2D eigenvalue weighted by Gasteiger charge is 2.19. The molecule has 1 atom stereocenters. The lowest BCUT2D eigenvalue weighted by molar-refractivity contribution is -0.118. The average molecular weight is 319 g/mol. The van der Waals surface area contributed by atoms with Crippen molar-refractivity contribution in [3.63, 3.8) is 0 Å². The summed E-state index contributed by atoms with van der Waals surface area (Å²) >= 11 is 0. The molecule has 0 radical (unpaired) electrons. The van der Waals surface area contributed by atoms with Gasteiger partial charge < -0.3 is 25.3 Å². The summed E-state index contributed by atoms with van der Waals surface area (Å²) < 4.78 is 15.7. The number of rotatable bonds is 6. The maximum atomic E-state index is 12.0. The Morgan fingerprint density at radius 2 is 1.57 bits per heavy atom. The molecule has 0 saturated carbocycles. The Hall–Kier alpha value is -1.66. The molecule has 0 saturated heterocycles. The number of nitrogens with two attached hydrogens (primary N) is 1. The number of carbonyl (C=O) groups excluding carboxylic acids is 1. The largest absolute Gasteiger partial charge is 0.493 e. The highest BCUT2D eigenvalue weighted by atomic mass is 35.5. The van der Waals surface area contributed by atoms with Gasteiger partial charge in [-0.1, -0.05) is 13.8 Å². The molecule has 0 aliphatic heterocycles. The molecule has 1 aromatic rings. The van der Waals surface area contributed by atoms with E-state index in [1.807, 2.05) is 13.8 Å². The summed E-state index contributed by atoms with van der Waals surface area (Å²) in [4.78, 5) is 12.0. The summed E-state index contributed by atoms with van der Waals surface area (Å²) in [6.07, 6.45) is 0. The zero-order valence-electron chi connectivity index (χ0n) is 12.9. The second kappa shape index (κ2) is 8.59. The van der Waals surface area contributed by atoms with E-state index in [2.05, 4.69) is 5.32 Å². The highest BCUT2D eigenvalue weighted by molar-refractivity contribution is 5.95. The Labute approximate surface area is 131 Å². The van der Waals surface area contributed by atoms with E-state index in [1.54, 1.807) is 12.1 Å². The third-order valence-electron chi connectivity index (χ3n) is 2.95. The molecule has 0 aliphatic rings. The Balaban J connectivity index is 0.00000400. The van der Waals surface area contributed by atoms with Gasteiger partial charge in [0.15, 0.2) is 11.5 Å². The van der Waals surface area contributed by atoms with E-state index in [4.69, 9.17) is 19.9 Å². The summed E-state index contributed by atoms with van der Waals surface area (Å²) in [6, 6.07) is 2.74. The fraction of sp³-hybridized carbons (Fsp3) is 0.500. The maximum absolute atomic E-state index is 12.0. The van der Waals surface area contributed by atoms with Gasteiger partial charge in [-0.05, 0) is 5.92 Å². The van der Waals surface area contributed by atoms with Crippen molar-refractivity contribution in [2.75, 3.05) is 26.6 Å². The van der Waals surface area contributed by atoms with Gasteiger partial charge in [-0.25, -0.2) is 0 Å². The second-order valence-corrected chi connectivity index (χ2v) is 4.67. The molecule has 7 heteroatoms. The molecule has 0 heterocycles. The summed E-state index contributed by atoms with van der Waals surface area (Å²) in [5.41, 5.74) is 6.35. The van der Waals surface area contributed by atoms with Crippen molar-refractivity contribution in [1.82, 2.24) is 0 Å². The number of carbonyl (C=O) groups is 1. The summed E-state index contributed by atoms with van der Waals surface area (Å²) in [6.45, 7) is 3.78. The van der Waals surface area contributed by atoms with Crippen LogP contribution in [-0.2, 0) is 4.79 Å². The minimum absolute atomic E-state index is 0. The van der Waals surface area contributed by atoms with Crippen LogP contribution in [0.1, 0.15) is 13.8 Å². The van der Waals surface area contributed by atoms with Crippen molar-refractivity contribution in [3.05, 3.63) is 12.1 Å². The molecule has 0 aromatic heterocycles. The molecular weight excluding hydrogens is 296 g/mol. The van der Waals surface area contributed by atoms with Gasteiger partial charge in [-0.15, -0.1) is 12.4 Å². The van der Waals surface area contributed by atoms with Gasteiger partial charge >= 0.3 is 0 Å². The molecule has 3 N–H and O–H groups in total. The van der Waals surface area contributed by atoms with Gasteiger partial charge in [-0.3, -0.25) is 4.79 Å². The van der Waals surface area contributed by atoms with E-state index in [-0.39, 0.29) is 24.2 Å². The molecule has 1 amide bonds. The number of nitrogens with one attached hydrogen (secondary N) is 1. The molecular formula is C14H23ClN2O4. The number of benzene rings is 1. The van der Waals surface area contributed by atoms with E-state index in [1.165, 1.54) is 21.3 Å². The van der Waals surface area contributed by atoms with Gasteiger partial charge in [0.1, 0.15) is 0 Å². The van der Waals surface area contributed by atoms with Crippen molar-refractivity contribution in [2.45, 2.75) is 19.9 Å². The summed E-state index contributed by atoms with van der Waals surface area (Å²) in [7, 11) is 4.55. The van der Waals surface area contributed by atoms with Crippen LogP contribution in [0.4, 0.5) is 5.69 Å². The molecule has 21 heavy (non-hydrogen) atoms. The third kappa shape index (κ3) is 4.68. The Morgan fingerprint density at radius 1 is 1.10 bits per heavy atom. The predicted molar refractivity (Wildman–Crippen MR) is 84.8 cm³/mol. The van der Waals surface area contributed by atoms with Gasteiger partial charge in [-0.2, -0.15) is 0 Å². The first kappa shape index (κ1) is 19.3. The van der Waals surface area contributed by atoms with Crippen molar-refractivity contribution < 1.29 is 19.0 Å². The quantitative estimate of drug-likeness (QED) is 0.839. The zero-order valence-corrected chi connectivity index (χ0v) is 13.7. The minimum Gasteiger partial charge on any atom is -0.493 e. The number of ether oxygens (including phenoxy) is 3. The normalized spacial score (nSPS) is 11.4. The molecule has 0 aliphatic carbocycles. The molecule has 120 valence electrons. The Morgan fingerprint density at radius 3 is 1.90 bits per heavy atom. The third-order valence-corrected chi connectivity index (χ3v) is 2.95. The van der Waals surface area contributed by atoms with Crippen LogP contribution < -0.4 is 25.3 Å². The van der Waals surface area contributed by atoms with E-state index in [9.17, 15) is 4.79 Å². The van der Waals surface area contributed by atoms with Crippen LogP contribution in [0.5, 0.6) is 17.2 Å². The Bertz CT molecular complexity index is 455. The number of anilines is 1. The lowest BCUT2D eigenvalue weighted by Gasteiger charge is -2.17. The molecule has 0 fully saturated rings. The van der Waals surface area contributed by atoms with E-state index >= 15 is 0 Å². The first-order chi connectivity index (χ1) is 9.44. The van der Waals surface area contributed by atoms with Crippen molar-refractivity contribution in [1.29, 1.82) is 0 Å². The van der Waals surface area contributed by atoms with Crippen LogP contribution in [0.15, 0.2) is 12.1 Å². The van der Waals surface area contributed by atoms with Gasteiger partial charge in [0.2, 0.25) is 11.7 Å². The first-order valence-electron chi connectivity index (χ1n) is 6.31. The summed E-state index contributed by atoms with van der Waals surface area (Å²) in [5, 5.41) is 2.74. The molecule has 0 bridgehead atoms. The van der Waals surface area contributed by atoms with E-state index in [0.29, 0.717) is 22.9 Å². The van der Waals surface area contributed by atoms with Gasteiger partial charge in [0, 0.05) is 17.8 Å². The lowest BCUT2D eigenvalue weighted by Crippen LogP contribution is -2.39. The number of hydrogen-bond acceptors (Lipinski definition) is 5. The molecule has 1 unspecified atom stereocenters. The van der Waals surface area contributed by atoms with Crippen LogP contribution in [0.25, 0.3) is 0 Å². The van der Waals surface area contributed by atoms with Crippen LogP contribution in [0.3, 0.4) is 0 Å². The molecule has 1 aromatic carbocycles. The van der Waals surface area contributed by atoms with E-state index < -0.39 is 6.04 Å². The first-order valence-corrected chi connectivity index (χ1v) is 6.31. The number of halogens is 1.